The maximum atomic E-state index is 13.8. The molecule has 1 nitrogen and oxygen atoms in total. The number of anilines is 1. The van der Waals surface area contributed by atoms with Gasteiger partial charge in [-0.05, 0) is 49.7 Å². The molecule has 0 heterocycles. The highest BCUT2D eigenvalue weighted by Crippen LogP contribution is 2.35. The Morgan fingerprint density at radius 3 is 2.72 bits per heavy atom. The summed E-state index contributed by atoms with van der Waals surface area (Å²) in [4.78, 5) is 0. The van der Waals surface area contributed by atoms with Crippen molar-refractivity contribution in [1.82, 2.24) is 0 Å². The molecule has 18 heavy (non-hydrogen) atoms. The van der Waals surface area contributed by atoms with E-state index in [0.29, 0.717) is 17.1 Å². The highest BCUT2D eigenvalue weighted by Gasteiger charge is 2.24. The molecule has 0 spiro atoms. The molecule has 0 aromatic heterocycles. The molecule has 2 rings (SSSR count). The molecule has 1 aromatic rings. The third-order valence-electron chi connectivity index (χ3n) is 4.15. The van der Waals surface area contributed by atoms with E-state index >= 15 is 0 Å². The Hall–Kier alpha value is -1.05. The van der Waals surface area contributed by atoms with Gasteiger partial charge in [-0.1, -0.05) is 32.4 Å². The number of para-hydroxylation sites is 1. The van der Waals surface area contributed by atoms with E-state index in [0.717, 1.165) is 18.4 Å². The molecule has 1 aliphatic rings. The Morgan fingerprint density at radius 2 is 2.00 bits per heavy atom. The molecule has 1 saturated carbocycles. The number of benzene rings is 1. The zero-order valence-electron chi connectivity index (χ0n) is 11.7. The second-order valence-electron chi connectivity index (χ2n) is 6.37. The molecule has 1 fully saturated rings. The highest BCUT2D eigenvalue weighted by molar-refractivity contribution is 5.52. The summed E-state index contributed by atoms with van der Waals surface area (Å²) < 4.78 is 13.8. The predicted molar refractivity (Wildman–Crippen MR) is 75.4 cm³/mol. The van der Waals surface area contributed by atoms with Crippen LogP contribution < -0.4 is 5.32 Å². The number of rotatable bonds is 2. The lowest BCUT2D eigenvalue weighted by Gasteiger charge is -2.23. The second-order valence-corrected chi connectivity index (χ2v) is 6.37. The van der Waals surface area contributed by atoms with Crippen molar-refractivity contribution in [3.05, 3.63) is 29.6 Å². The number of hydrogen-bond donors (Lipinski definition) is 1. The molecule has 1 N–H and O–H groups in total. The van der Waals surface area contributed by atoms with Gasteiger partial charge in [0.1, 0.15) is 5.82 Å². The van der Waals surface area contributed by atoms with Gasteiger partial charge in [-0.3, -0.25) is 0 Å². The monoisotopic (exact) mass is 249 g/mol. The minimum Gasteiger partial charge on any atom is -0.380 e. The molecule has 0 bridgehead atoms. The van der Waals surface area contributed by atoms with Crippen molar-refractivity contribution < 1.29 is 4.39 Å². The Kier molecular flexibility index (Phi) is 3.94. The van der Waals surface area contributed by atoms with Crippen LogP contribution in [0.15, 0.2) is 18.2 Å². The van der Waals surface area contributed by atoms with Gasteiger partial charge in [0.25, 0.3) is 0 Å². The van der Waals surface area contributed by atoms with Gasteiger partial charge in [-0.2, -0.15) is 0 Å². The molecular weight excluding hydrogens is 225 g/mol. The van der Waals surface area contributed by atoms with E-state index in [2.05, 4.69) is 19.2 Å². The Bertz CT molecular complexity index is 391. The standard InChI is InChI=1S/C16H24FN/c1-12-6-4-8-14(17)15(12)18-13-7-5-10-16(2,3)11-9-13/h4,6,8,13,18H,5,7,9-11H2,1-3H3. The number of aryl methyl sites for hydroxylation is 1. The van der Waals surface area contributed by atoms with Crippen LogP contribution in [0.25, 0.3) is 0 Å². The number of nitrogens with one attached hydrogen (secondary N) is 1. The molecule has 0 radical (unpaired) electrons. The van der Waals surface area contributed by atoms with Gasteiger partial charge >= 0.3 is 0 Å². The topological polar surface area (TPSA) is 12.0 Å². The molecule has 1 unspecified atom stereocenters. The van der Waals surface area contributed by atoms with Crippen LogP contribution in [0.4, 0.5) is 10.1 Å². The molecule has 0 saturated heterocycles. The lowest BCUT2D eigenvalue weighted by atomic mass is 9.85. The van der Waals surface area contributed by atoms with Crippen molar-refractivity contribution in [2.24, 2.45) is 5.41 Å². The molecular formula is C16H24FN. The van der Waals surface area contributed by atoms with Gasteiger partial charge in [0, 0.05) is 6.04 Å². The van der Waals surface area contributed by atoms with Crippen LogP contribution in [-0.4, -0.2) is 6.04 Å². The van der Waals surface area contributed by atoms with Crippen LogP contribution in [0.5, 0.6) is 0 Å². The first-order valence-electron chi connectivity index (χ1n) is 7.00. The van der Waals surface area contributed by atoms with E-state index in [1.54, 1.807) is 6.07 Å². The minimum atomic E-state index is -0.126. The maximum Gasteiger partial charge on any atom is 0.146 e. The van der Waals surface area contributed by atoms with E-state index in [4.69, 9.17) is 0 Å². The third-order valence-corrected chi connectivity index (χ3v) is 4.15. The Morgan fingerprint density at radius 1 is 1.22 bits per heavy atom. The molecule has 1 aromatic carbocycles. The Labute approximate surface area is 110 Å². The summed E-state index contributed by atoms with van der Waals surface area (Å²) in [6, 6.07) is 5.69. The summed E-state index contributed by atoms with van der Waals surface area (Å²) in [5.41, 5.74) is 2.14. The molecule has 0 amide bonds. The van der Waals surface area contributed by atoms with Gasteiger partial charge in [-0.15, -0.1) is 0 Å². The summed E-state index contributed by atoms with van der Waals surface area (Å²) in [7, 11) is 0. The van der Waals surface area contributed by atoms with Crippen molar-refractivity contribution >= 4 is 5.69 Å². The van der Waals surface area contributed by atoms with Crippen LogP contribution in [-0.2, 0) is 0 Å². The summed E-state index contributed by atoms with van der Waals surface area (Å²) >= 11 is 0. The highest BCUT2D eigenvalue weighted by atomic mass is 19.1. The van der Waals surface area contributed by atoms with Crippen molar-refractivity contribution in [2.75, 3.05) is 5.32 Å². The van der Waals surface area contributed by atoms with Gasteiger partial charge in [0.2, 0.25) is 0 Å². The van der Waals surface area contributed by atoms with Gasteiger partial charge in [-0.25, -0.2) is 4.39 Å². The smallest absolute Gasteiger partial charge is 0.146 e. The van der Waals surface area contributed by atoms with Crippen LogP contribution in [0.3, 0.4) is 0 Å². The first-order valence-corrected chi connectivity index (χ1v) is 7.00. The number of halogens is 1. The summed E-state index contributed by atoms with van der Waals surface area (Å²) in [6.45, 7) is 6.64. The van der Waals surface area contributed by atoms with Gasteiger partial charge < -0.3 is 5.32 Å². The lowest BCUT2D eigenvalue weighted by Crippen LogP contribution is -2.20. The summed E-state index contributed by atoms with van der Waals surface area (Å²) in [5, 5.41) is 3.42. The zero-order chi connectivity index (χ0) is 13.2. The third kappa shape index (κ3) is 3.24. The Balaban J connectivity index is 2.05. The van der Waals surface area contributed by atoms with E-state index in [9.17, 15) is 4.39 Å². The van der Waals surface area contributed by atoms with Crippen molar-refractivity contribution in [2.45, 2.75) is 58.9 Å². The summed E-state index contributed by atoms with van der Waals surface area (Å²) in [6.07, 6.45) is 6.02. The van der Waals surface area contributed by atoms with E-state index < -0.39 is 0 Å². The zero-order valence-corrected chi connectivity index (χ0v) is 11.7. The summed E-state index contributed by atoms with van der Waals surface area (Å²) in [5.74, 6) is -0.126. The minimum absolute atomic E-state index is 0.126. The van der Waals surface area contributed by atoms with Crippen LogP contribution in [0.1, 0.15) is 51.5 Å². The van der Waals surface area contributed by atoms with Crippen LogP contribution >= 0.6 is 0 Å². The fourth-order valence-electron chi connectivity index (χ4n) is 2.82. The molecule has 1 atom stereocenters. The second kappa shape index (κ2) is 5.29. The normalized spacial score (nSPS) is 23.4. The number of hydrogen-bond acceptors (Lipinski definition) is 1. The van der Waals surface area contributed by atoms with Crippen molar-refractivity contribution in [1.29, 1.82) is 0 Å². The largest absolute Gasteiger partial charge is 0.380 e. The van der Waals surface area contributed by atoms with E-state index in [-0.39, 0.29) is 5.82 Å². The maximum absolute atomic E-state index is 13.8. The first kappa shape index (κ1) is 13.4. The first-order chi connectivity index (χ1) is 8.48. The van der Waals surface area contributed by atoms with E-state index in [1.807, 2.05) is 13.0 Å². The van der Waals surface area contributed by atoms with Crippen molar-refractivity contribution in [3.63, 3.8) is 0 Å². The van der Waals surface area contributed by atoms with Crippen LogP contribution in [0, 0.1) is 18.2 Å². The predicted octanol–water partition coefficient (Wildman–Crippen LogP) is 4.90. The molecule has 1 aliphatic carbocycles. The van der Waals surface area contributed by atoms with Gasteiger partial charge in [0.05, 0.1) is 5.69 Å². The average Bonchev–Trinajstić information content (AvgIpc) is 2.46. The molecule has 100 valence electrons. The van der Waals surface area contributed by atoms with Gasteiger partial charge in [0.15, 0.2) is 0 Å². The molecule has 0 aliphatic heterocycles. The average molecular weight is 249 g/mol. The fourth-order valence-corrected chi connectivity index (χ4v) is 2.82. The fraction of sp³-hybridized carbons (Fsp3) is 0.625. The van der Waals surface area contributed by atoms with Crippen molar-refractivity contribution in [3.8, 4) is 0 Å². The quantitative estimate of drug-likeness (QED) is 0.735. The molecule has 2 heteroatoms. The van der Waals surface area contributed by atoms with E-state index in [1.165, 1.54) is 25.3 Å². The SMILES string of the molecule is Cc1cccc(F)c1NC1CCCC(C)(C)CC1. The lowest BCUT2D eigenvalue weighted by molar-refractivity contribution is 0.313. The van der Waals surface area contributed by atoms with Crippen LogP contribution in [0.2, 0.25) is 0 Å².